The lowest BCUT2D eigenvalue weighted by atomic mass is 10.2. The van der Waals surface area contributed by atoms with Gasteiger partial charge in [0.25, 0.3) is 0 Å². The van der Waals surface area contributed by atoms with Crippen LogP contribution in [0.2, 0.25) is 0 Å². The third-order valence-electron chi connectivity index (χ3n) is 2.08. The summed E-state index contributed by atoms with van der Waals surface area (Å²) in [6.45, 7) is 5.68. The lowest BCUT2D eigenvalue weighted by molar-refractivity contribution is 0.237. The number of carbonyl (C=O) groups excluding carboxylic acids is 1. The highest BCUT2D eigenvalue weighted by Gasteiger charge is 2.17. The van der Waals surface area contributed by atoms with Crippen molar-refractivity contribution in [1.29, 1.82) is 0 Å². The lowest BCUT2D eigenvalue weighted by Crippen LogP contribution is -2.38. The predicted octanol–water partition coefficient (Wildman–Crippen LogP) is 1.15. The van der Waals surface area contributed by atoms with Gasteiger partial charge in [-0.1, -0.05) is 18.0 Å². The summed E-state index contributed by atoms with van der Waals surface area (Å²) < 4.78 is 4.87. The van der Waals surface area contributed by atoms with E-state index in [9.17, 15) is 4.79 Å². The predicted molar refractivity (Wildman–Crippen MR) is 62.1 cm³/mol. The first-order valence-electron chi connectivity index (χ1n) is 5.41. The summed E-state index contributed by atoms with van der Waals surface area (Å²) in [7, 11) is 0. The molecular weight excluding hydrogens is 220 g/mol. The van der Waals surface area contributed by atoms with E-state index in [-0.39, 0.29) is 12.1 Å². The van der Waals surface area contributed by atoms with Gasteiger partial charge >= 0.3 is 6.03 Å². The molecule has 1 rings (SSSR count). The van der Waals surface area contributed by atoms with Gasteiger partial charge in [-0.3, -0.25) is 0 Å². The number of hydrogen-bond donors (Lipinski definition) is 2. The number of amides is 2. The maximum atomic E-state index is 11.5. The zero-order valence-electron chi connectivity index (χ0n) is 10.2. The van der Waals surface area contributed by atoms with Gasteiger partial charge in [-0.15, -0.1) is 5.92 Å². The van der Waals surface area contributed by atoms with Crippen LogP contribution in [0.15, 0.2) is 4.52 Å². The van der Waals surface area contributed by atoms with Crippen LogP contribution in [-0.4, -0.2) is 22.7 Å². The molecule has 2 amide bonds. The van der Waals surface area contributed by atoms with Crippen molar-refractivity contribution in [3.8, 4) is 11.8 Å². The average molecular weight is 236 g/mol. The van der Waals surface area contributed by atoms with Gasteiger partial charge in [0.2, 0.25) is 5.89 Å². The van der Waals surface area contributed by atoms with E-state index in [2.05, 4.69) is 32.6 Å². The zero-order valence-corrected chi connectivity index (χ0v) is 10.2. The molecule has 1 heterocycles. The molecule has 0 fully saturated rings. The van der Waals surface area contributed by atoms with E-state index in [1.54, 1.807) is 13.8 Å². The van der Waals surface area contributed by atoms with Crippen LogP contribution in [0, 0.1) is 18.8 Å². The fraction of sp³-hybridized carbons (Fsp3) is 0.545. The van der Waals surface area contributed by atoms with E-state index in [1.165, 1.54) is 0 Å². The molecular formula is C11H16N4O2. The maximum absolute atomic E-state index is 11.5. The number of carbonyl (C=O) groups is 1. The Morgan fingerprint density at radius 2 is 2.35 bits per heavy atom. The number of rotatable bonds is 4. The molecule has 17 heavy (non-hydrogen) atoms. The van der Waals surface area contributed by atoms with Crippen LogP contribution in [0.4, 0.5) is 4.79 Å². The van der Waals surface area contributed by atoms with Gasteiger partial charge < -0.3 is 15.2 Å². The van der Waals surface area contributed by atoms with E-state index >= 15 is 0 Å². The van der Waals surface area contributed by atoms with E-state index in [4.69, 9.17) is 4.52 Å². The summed E-state index contributed by atoms with van der Waals surface area (Å²) in [4.78, 5) is 15.6. The summed E-state index contributed by atoms with van der Waals surface area (Å²) >= 11 is 0. The highest BCUT2D eigenvalue weighted by atomic mass is 16.5. The summed E-state index contributed by atoms with van der Waals surface area (Å²) in [5.41, 5.74) is 0. The molecule has 0 saturated carbocycles. The second-order valence-electron chi connectivity index (χ2n) is 3.39. The summed E-state index contributed by atoms with van der Waals surface area (Å²) in [5, 5.41) is 9.15. The molecule has 0 saturated heterocycles. The van der Waals surface area contributed by atoms with E-state index in [1.807, 2.05) is 6.92 Å². The molecule has 6 heteroatoms. The molecule has 1 atom stereocenters. The van der Waals surface area contributed by atoms with Gasteiger partial charge in [0.1, 0.15) is 0 Å². The van der Waals surface area contributed by atoms with E-state index < -0.39 is 0 Å². The molecule has 0 bridgehead atoms. The van der Waals surface area contributed by atoms with Gasteiger partial charge in [0, 0.05) is 6.92 Å². The minimum atomic E-state index is -0.290. The van der Waals surface area contributed by atoms with Gasteiger partial charge in [0.05, 0.1) is 12.6 Å². The Bertz CT molecular complexity index is 430. The van der Waals surface area contributed by atoms with E-state index in [0.29, 0.717) is 24.7 Å². The minimum Gasteiger partial charge on any atom is -0.340 e. The second kappa shape index (κ2) is 6.53. The van der Waals surface area contributed by atoms with Gasteiger partial charge in [0.15, 0.2) is 5.82 Å². The quantitative estimate of drug-likeness (QED) is 0.768. The first-order valence-corrected chi connectivity index (χ1v) is 5.41. The molecule has 2 N–H and O–H groups in total. The Hall–Kier alpha value is -2.03. The normalized spacial score (nSPS) is 11.2. The third-order valence-corrected chi connectivity index (χ3v) is 2.08. The van der Waals surface area contributed by atoms with Crippen molar-refractivity contribution in [2.75, 3.05) is 6.54 Å². The first kappa shape index (κ1) is 13.0. The molecule has 0 unspecified atom stereocenters. The van der Waals surface area contributed by atoms with Crippen molar-refractivity contribution < 1.29 is 9.32 Å². The molecule has 1 aromatic rings. The topological polar surface area (TPSA) is 80.0 Å². The van der Waals surface area contributed by atoms with Crippen LogP contribution >= 0.6 is 0 Å². The highest BCUT2D eigenvalue weighted by Crippen LogP contribution is 2.12. The molecule has 6 nitrogen and oxygen atoms in total. The smallest absolute Gasteiger partial charge is 0.316 e. The molecule has 1 aromatic heterocycles. The zero-order chi connectivity index (χ0) is 12.7. The number of nitrogens with one attached hydrogen (secondary N) is 2. The standard InChI is InChI=1S/C11H16N4O2/c1-4-6-7-12-11(16)14-9(5-2)10-13-8(3)17-15-10/h9H,5,7H2,1-3H3,(H2,12,14,16)/t9-/m1/s1. The average Bonchev–Trinajstić information content (AvgIpc) is 2.73. The second-order valence-corrected chi connectivity index (χ2v) is 3.39. The van der Waals surface area contributed by atoms with Crippen molar-refractivity contribution in [2.45, 2.75) is 33.2 Å². The third kappa shape index (κ3) is 4.15. The Kier molecular flexibility index (Phi) is 5.01. The van der Waals surface area contributed by atoms with Crippen molar-refractivity contribution in [2.24, 2.45) is 0 Å². The van der Waals surface area contributed by atoms with Crippen molar-refractivity contribution >= 4 is 6.03 Å². The Morgan fingerprint density at radius 1 is 1.59 bits per heavy atom. The Labute approximate surface area is 100 Å². The number of aromatic nitrogens is 2. The summed E-state index contributed by atoms with van der Waals surface area (Å²) in [6.07, 6.45) is 0.686. The van der Waals surface area contributed by atoms with Crippen LogP contribution in [-0.2, 0) is 0 Å². The molecule has 0 radical (unpaired) electrons. The Morgan fingerprint density at radius 3 is 2.88 bits per heavy atom. The molecule has 0 aromatic carbocycles. The molecule has 92 valence electrons. The van der Waals surface area contributed by atoms with Crippen LogP contribution in [0.5, 0.6) is 0 Å². The van der Waals surface area contributed by atoms with Gasteiger partial charge in [-0.05, 0) is 13.3 Å². The minimum absolute atomic E-state index is 0.248. The molecule has 0 aliphatic carbocycles. The fourth-order valence-electron chi connectivity index (χ4n) is 1.23. The van der Waals surface area contributed by atoms with Crippen LogP contribution in [0.3, 0.4) is 0 Å². The summed E-state index contributed by atoms with van der Waals surface area (Å²) in [6, 6.07) is -0.538. The van der Waals surface area contributed by atoms with Gasteiger partial charge in [-0.2, -0.15) is 4.98 Å². The highest BCUT2D eigenvalue weighted by molar-refractivity contribution is 5.74. The number of aryl methyl sites for hydroxylation is 1. The number of nitrogens with zero attached hydrogens (tertiary/aromatic N) is 2. The van der Waals surface area contributed by atoms with Crippen LogP contribution in [0.25, 0.3) is 0 Å². The van der Waals surface area contributed by atoms with Crippen molar-refractivity contribution in [3.05, 3.63) is 11.7 Å². The maximum Gasteiger partial charge on any atom is 0.316 e. The molecule has 0 spiro atoms. The summed E-state index contributed by atoms with van der Waals surface area (Å²) in [5.74, 6) is 6.41. The molecule has 0 aliphatic heterocycles. The molecule has 0 aliphatic rings. The van der Waals surface area contributed by atoms with Crippen molar-refractivity contribution in [3.63, 3.8) is 0 Å². The fourth-order valence-corrected chi connectivity index (χ4v) is 1.23. The first-order chi connectivity index (χ1) is 8.17. The lowest BCUT2D eigenvalue weighted by Gasteiger charge is -2.12. The van der Waals surface area contributed by atoms with Crippen LogP contribution < -0.4 is 10.6 Å². The van der Waals surface area contributed by atoms with Crippen molar-refractivity contribution in [1.82, 2.24) is 20.8 Å². The number of urea groups is 1. The number of hydrogen-bond acceptors (Lipinski definition) is 4. The van der Waals surface area contributed by atoms with E-state index in [0.717, 1.165) is 0 Å². The largest absolute Gasteiger partial charge is 0.340 e. The van der Waals surface area contributed by atoms with Gasteiger partial charge in [-0.25, -0.2) is 4.79 Å². The Balaban J connectivity index is 2.51. The SMILES string of the molecule is CC#CCNC(=O)N[C@H](CC)c1noc(C)n1. The van der Waals surface area contributed by atoms with Crippen LogP contribution in [0.1, 0.15) is 38.0 Å². The monoisotopic (exact) mass is 236 g/mol.